The zero-order valence-electron chi connectivity index (χ0n) is 9.74. The average molecular weight is 271 g/mol. The van der Waals surface area contributed by atoms with Gasteiger partial charge in [-0.25, -0.2) is 4.68 Å². The molecule has 0 atom stereocenters. The van der Waals surface area contributed by atoms with Crippen LogP contribution in [0.25, 0.3) is 11.8 Å². The van der Waals surface area contributed by atoms with Gasteiger partial charge >= 0.3 is 0 Å². The molecule has 0 spiro atoms. The molecule has 3 rings (SSSR count). The summed E-state index contributed by atoms with van der Waals surface area (Å²) in [6.45, 7) is 0. The molecule has 1 aliphatic heterocycles. The molecule has 1 saturated heterocycles. The molecule has 94 valence electrons. The van der Waals surface area contributed by atoms with Crippen LogP contribution in [-0.2, 0) is 4.79 Å². The minimum absolute atomic E-state index is 0.348. The summed E-state index contributed by atoms with van der Waals surface area (Å²) in [4.78, 5) is 22.8. The van der Waals surface area contributed by atoms with E-state index in [4.69, 9.17) is 0 Å². The Kier molecular flexibility index (Phi) is 2.92. The highest BCUT2D eigenvalue weighted by Crippen LogP contribution is 2.25. The van der Waals surface area contributed by atoms with Crippen LogP contribution in [0.4, 0.5) is 4.79 Å². The molecule has 0 unspecified atom stereocenters. The summed E-state index contributed by atoms with van der Waals surface area (Å²) >= 11 is 0.886. The maximum absolute atomic E-state index is 11.4. The first-order valence-corrected chi connectivity index (χ1v) is 6.40. The van der Waals surface area contributed by atoms with Gasteiger partial charge in [-0.15, -0.1) is 0 Å². The summed E-state index contributed by atoms with van der Waals surface area (Å²) in [7, 11) is 0. The molecule has 1 aromatic heterocycles. The van der Waals surface area contributed by atoms with Gasteiger partial charge in [-0.05, 0) is 36.0 Å². The second kappa shape index (κ2) is 4.74. The fourth-order valence-corrected chi connectivity index (χ4v) is 2.36. The number of rotatable bonds is 2. The average Bonchev–Trinajstić information content (AvgIpc) is 2.99. The number of thioether (sulfide) groups is 1. The number of nitrogens with one attached hydrogen (secondary N) is 1. The number of imide groups is 1. The van der Waals surface area contributed by atoms with E-state index in [1.807, 2.05) is 30.3 Å². The van der Waals surface area contributed by atoms with Crippen molar-refractivity contribution < 1.29 is 9.59 Å². The van der Waals surface area contributed by atoms with Gasteiger partial charge < -0.3 is 0 Å². The smallest absolute Gasteiger partial charge is 0.282 e. The molecule has 6 heteroatoms. The van der Waals surface area contributed by atoms with Crippen molar-refractivity contribution in [1.29, 1.82) is 0 Å². The minimum Gasteiger partial charge on any atom is -0.282 e. The van der Waals surface area contributed by atoms with Crippen molar-refractivity contribution in [2.45, 2.75) is 0 Å². The molecule has 1 aliphatic rings. The van der Waals surface area contributed by atoms with Crippen molar-refractivity contribution in [3.05, 3.63) is 53.2 Å². The van der Waals surface area contributed by atoms with Crippen LogP contribution < -0.4 is 5.32 Å². The van der Waals surface area contributed by atoms with E-state index < -0.39 is 0 Å². The van der Waals surface area contributed by atoms with E-state index in [1.165, 1.54) is 0 Å². The zero-order valence-corrected chi connectivity index (χ0v) is 10.6. The molecule has 0 saturated carbocycles. The Bertz CT molecular complexity index is 676. The zero-order chi connectivity index (χ0) is 13.2. The fourth-order valence-electron chi connectivity index (χ4n) is 1.69. The molecule has 0 bridgehead atoms. The van der Waals surface area contributed by atoms with Crippen molar-refractivity contribution in [2.75, 3.05) is 0 Å². The SMILES string of the molecule is O=C1NC(=O)/C(=C/c2ccn(-c3ccccc3)n2)S1. The van der Waals surface area contributed by atoms with Crippen molar-refractivity contribution in [3.63, 3.8) is 0 Å². The van der Waals surface area contributed by atoms with Crippen LogP contribution in [0.1, 0.15) is 5.69 Å². The van der Waals surface area contributed by atoms with Crippen LogP contribution in [0, 0.1) is 0 Å². The lowest BCUT2D eigenvalue weighted by Gasteiger charge is -1.98. The van der Waals surface area contributed by atoms with Gasteiger partial charge in [0.15, 0.2) is 0 Å². The maximum atomic E-state index is 11.4. The summed E-state index contributed by atoms with van der Waals surface area (Å²) in [6, 6.07) is 11.4. The first-order valence-electron chi connectivity index (χ1n) is 5.58. The fraction of sp³-hybridized carbons (Fsp3) is 0. The third-order valence-electron chi connectivity index (χ3n) is 2.55. The lowest BCUT2D eigenvalue weighted by Crippen LogP contribution is -2.17. The third kappa shape index (κ3) is 2.43. The monoisotopic (exact) mass is 271 g/mol. The van der Waals surface area contributed by atoms with E-state index in [1.54, 1.807) is 23.0 Å². The Morgan fingerprint density at radius 3 is 2.63 bits per heavy atom. The van der Waals surface area contributed by atoms with Gasteiger partial charge in [0.05, 0.1) is 16.3 Å². The molecular formula is C13H9N3O2S. The van der Waals surface area contributed by atoms with Gasteiger partial charge in [0, 0.05) is 6.20 Å². The minimum atomic E-state index is -0.371. The lowest BCUT2D eigenvalue weighted by molar-refractivity contribution is -0.115. The van der Waals surface area contributed by atoms with Crippen molar-refractivity contribution in [2.24, 2.45) is 0 Å². The number of carbonyl (C=O) groups excluding carboxylic acids is 2. The van der Waals surface area contributed by atoms with Crippen molar-refractivity contribution in [3.8, 4) is 5.69 Å². The first-order chi connectivity index (χ1) is 9.22. The van der Waals surface area contributed by atoms with Crippen LogP contribution in [0.15, 0.2) is 47.5 Å². The number of para-hydroxylation sites is 1. The number of nitrogens with zero attached hydrogens (tertiary/aromatic N) is 2. The standard InChI is InChI=1S/C13H9N3O2S/c17-12-11(19-13(18)14-12)8-9-6-7-16(15-9)10-4-2-1-3-5-10/h1-8H,(H,14,17,18)/b11-8-. The van der Waals surface area contributed by atoms with E-state index >= 15 is 0 Å². The summed E-state index contributed by atoms with van der Waals surface area (Å²) in [5.74, 6) is -0.371. The van der Waals surface area contributed by atoms with Gasteiger partial charge in [-0.1, -0.05) is 18.2 Å². The Morgan fingerprint density at radius 2 is 1.95 bits per heavy atom. The quantitative estimate of drug-likeness (QED) is 0.850. The molecule has 0 radical (unpaired) electrons. The highest BCUT2D eigenvalue weighted by atomic mass is 32.2. The summed E-state index contributed by atoms with van der Waals surface area (Å²) in [5.41, 5.74) is 1.57. The largest absolute Gasteiger partial charge is 0.290 e. The van der Waals surface area contributed by atoms with Crippen LogP contribution in [-0.4, -0.2) is 20.9 Å². The lowest BCUT2D eigenvalue weighted by atomic mass is 10.3. The third-order valence-corrected chi connectivity index (χ3v) is 3.36. The van der Waals surface area contributed by atoms with Crippen LogP contribution in [0.2, 0.25) is 0 Å². The second-order valence-electron chi connectivity index (χ2n) is 3.87. The number of aromatic nitrogens is 2. The van der Waals surface area contributed by atoms with Crippen LogP contribution in [0.3, 0.4) is 0 Å². The molecule has 19 heavy (non-hydrogen) atoms. The number of carbonyl (C=O) groups is 2. The van der Waals surface area contributed by atoms with Gasteiger partial charge in [-0.2, -0.15) is 5.10 Å². The van der Waals surface area contributed by atoms with Gasteiger partial charge in [0.25, 0.3) is 11.1 Å². The first kappa shape index (κ1) is 11.7. The Balaban J connectivity index is 1.89. The van der Waals surface area contributed by atoms with Gasteiger partial charge in [0.1, 0.15) is 0 Å². The molecular weight excluding hydrogens is 262 g/mol. The highest BCUT2D eigenvalue weighted by molar-refractivity contribution is 8.18. The normalized spacial score (nSPS) is 16.9. The number of benzene rings is 1. The van der Waals surface area contributed by atoms with Crippen molar-refractivity contribution in [1.82, 2.24) is 15.1 Å². The molecule has 1 aromatic carbocycles. The molecule has 1 N–H and O–H groups in total. The number of hydrogen-bond donors (Lipinski definition) is 1. The maximum Gasteiger partial charge on any atom is 0.290 e. The van der Waals surface area contributed by atoms with E-state index in [2.05, 4.69) is 10.4 Å². The summed E-state index contributed by atoms with van der Waals surface area (Å²) < 4.78 is 1.71. The number of amides is 2. The summed E-state index contributed by atoms with van der Waals surface area (Å²) in [5, 5.41) is 6.20. The molecule has 5 nitrogen and oxygen atoms in total. The highest BCUT2D eigenvalue weighted by Gasteiger charge is 2.25. The Morgan fingerprint density at radius 1 is 1.16 bits per heavy atom. The van der Waals surface area contributed by atoms with Gasteiger partial charge in [0.2, 0.25) is 0 Å². The van der Waals surface area contributed by atoms with Crippen molar-refractivity contribution >= 4 is 29.0 Å². The molecule has 2 amide bonds. The number of hydrogen-bond acceptors (Lipinski definition) is 4. The van der Waals surface area contributed by atoms with Gasteiger partial charge in [-0.3, -0.25) is 14.9 Å². The molecule has 1 fully saturated rings. The predicted octanol–water partition coefficient (Wildman–Crippen LogP) is 2.20. The molecule has 2 heterocycles. The molecule has 2 aromatic rings. The topological polar surface area (TPSA) is 64.0 Å². The Labute approximate surface area is 113 Å². The van der Waals surface area contributed by atoms with E-state index in [9.17, 15) is 9.59 Å². The van der Waals surface area contributed by atoms with Crippen LogP contribution in [0.5, 0.6) is 0 Å². The van der Waals surface area contributed by atoms with Crippen LogP contribution >= 0.6 is 11.8 Å². The summed E-state index contributed by atoms with van der Waals surface area (Å²) in [6.07, 6.45) is 3.41. The predicted molar refractivity (Wildman–Crippen MR) is 72.7 cm³/mol. The second-order valence-corrected chi connectivity index (χ2v) is 4.89. The Hall–Kier alpha value is -2.34. The molecule has 0 aliphatic carbocycles. The van der Waals surface area contributed by atoms with E-state index in [0.29, 0.717) is 10.6 Å². The van der Waals surface area contributed by atoms with E-state index in [-0.39, 0.29) is 11.1 Å². The van der Waals surface area contributed by atoms with E-state index in [0.717, 1.165) is 17.4 Å².